The van der Waals surface area contributed by atoms with E-state index in [0.717, 1.165) is 45.2 Å². The van der Waals surface area contributed by atoms with Crippen molar-refractivity contribution in [2.45, 2.75) is 58.8 Å². The Kier molecular flexibility index (Phi) is 5.67. The number of carbonyl (C=O) groups excluding carboxylic acids is 3. The van der Waals surface area contributed by atoms with Gasteiger partial charge in [0.15, 0.2) is 0 Å². The molecule has 2 N–H and O–H groups in total. The van der Waals surface area contributed by atoms with Gasteiger partial charge in [-0.15, -0.1) is 0 Å². The quantitative estimate of drug-likeness (QED) is 0.366. The Bertz CT molecular complexity index is 1520. The predicted molar refractivity (Wildman–Crippen MR) is 143 cm³/mol. The van der Waals surface area contributed by atoms with E-state index in [4.69, 9.17) is 9.36 Å². The zero-order valence-corrected chi connectivity index (χ0v) is 22.1. The molecule has 3 aliphatic heterocycles. The predicted octanol–water partition coefficient (Wildman–Crippen LogP) is 3.68. The summed E-state index contributed by atoms with van der Waals surface area (Å²) < 4.78 is 5.33. The normalized spacial score (nSPS) is 22.1. The van der Waals surface area contributed by atoms with E-state index in [1.165, 1.54) is 4.90 Å². The van der Waals surface area contributed by atoms with Crippen LogP contribution in [0.15, 0.2) is 52.1 Å². The van der Waals surface area contributed by atoms with Crippen LogP contribution in [0.3, 0.4) is 0 Å². The molecule has 2 unspecified atom stereocenters. The van der Waals surface area contributed by atoms with Crippen LogP contribution in [0.25, 0.3) is 11.1 Å². The lowest BCUT2D eigenvalue weighted by atomic mass is 10.0. The summed E-state index contributed by atoms with van der Waals surface area (Å²) >= 11 is 0. The van der Waals surface area contributed by atoms with Crippen molar-refractivity contribution in [3.63, 3.8) is 0 Å². The molecule has 6 rings (SSSR count). The van der Waals surface area contributed by atoms with E-state index in [2.05, 4.69) is 21.1 Å². The Morgan fingerprint density at radius 2 is 1.87 bits per heavy atom. The number of oxime groups is 1. The summed E-state index contributed by atoms with van der Waals surface area (Å²) in [7, 11) is 0. The van der Waals surface area contributed by atoms with Gasteiger partial charge in [0.2, 0.25) is 11.8 Å². The number of imide groups is 1. The third-order valence-electron chi connectivity index (χ3n) is 7.67. The molecule has 39 heavy (non-hydrogen) atoms. The van der Waals surface area contributed by atoms with Gasteiger partial charge in [-0.1, -0.05) is 22.4 Å². The van der Waals surface area contributed by atoms with Crippen molar-refractivity contribution in [3.8, 4) is 11.1 Å². The smallest absolute Gasteiger partial charge is 0.265 e. The summed E-state index contributed by atoms with van der Waals surface area (Å²) in [6.45, 7) is 7.91. The fourth-order valence-corrected chi connectivity index (χ4v) is 5.33. The highest BCUT2D eigenvalue weighted by molar-refractivity contribution is 6.05. The zero-order valence-electron chi connectivity index (χ0n) is 22.1. The molecule has 11 nitrogen and oxygen atoms in total. The molecule has 0 saturated carbocycles. The number of hydrazine groups is 1. The third kappa shape index (κ3) is 4.01. The molecule has 2 aromatic carbocycles. The van der Waals surface area contributed by atoms with Crippen LogP contribution < -0.4 is 15.8 Å². The number of nitrogens with zero attached hydrogens (tertiary/aromatic N) is 4. The van der Waals surface area contributed by atoms with Crippen molar-refractivity contribution in [2.24, 2.45) is 5.16 Å². The molecule has 0 radical (unpaired) electrons. The van der Waals surface area contributed by atoms with E-state index >= 15 is 0 Å². The molecule has 1 saturated heterocycles. The van der Waals surface area contributed by atoms with Crippen LogP contribution >= 0.6 is 0 Å². The van der Waals surface area contributed by atoms with E-state index < -0.39 is 17.7 Å². The van der Waals surface area contributed by atoms with Crippen molar-refractivity contribution in [3.05, 3.63) is 65.0 Å². The number of fused-ring (bicyclic) bond motifs is 1. The second-order valence-electron chi connectivity index (χ2n) is 10.2. The maximum absolute atomic E-state index is 13.1. The molecular formula is C28H28N6O5. The van der Waals surface area contributed by atoms with E-state index in [1.807, 2.05) is 69.1 Å². The van der Waals surface area contributed by atoms with Crippen LogP contribution in [0.1, 0.15) is 54.1 Å². The topological polar surface area (TPSA) is 129 Å². The molecule has 11 heteroatoms. The number of hydrogen-bond acceptors (Lipinski definition) is 9. The van der Waals surface area contributed by atoms with Gasteiger partial charge < -0.3 is 14.3 Å². The molecule has 0 spiro atoms. The van der Waals surface area contributed by atoms with Gasteiger partial charge >= 0.3 is 0 Å². The summed E-state index contributed by atoms with van der Waals surface area (Å²) in [5, 5.41) is 12.3. The van der Waals surface area contributed by atoms with Gasteiger partial charge in [-0.2, -0.15) is 0 Å². The number of aromatic nitrogens is 1. The molecule has 0 aliphatic carbocycles. The van der Waals surface area contributed by atoms with Crippen molar-refractivity contribution >= 4 is 34.8 Å². The lowest BCUT2D eigenvalue weighted by Gasteiger charge is -2.44. The highest BCUT2D eigenvalue weighted by Crippen LogP contribution is 2.36. The first kappa shape index (κ1) is 24.7. The van der Waals surface area contributed by atoms with Crippen LogP contribution in [0.5, 0.6) is 0 Å². The molecule has 3 amide bonds. The van der Waals surface area contributed by atoms with Gasteiger partial charge in [-0.3, -0.25) is 25.1 Å². The van der Waals surface area contributed by atoms with E-state index in [9.17, 15) is 14.4 Å². The van der Waals surface area contributed by atoms with Crippen molar-refractivity contribution in [2.75, 3.05) is 10.4 Å². The minimum atomic E-state index is -0.835. The standard InChI is InChI=1S/C28H28N6O5/c1-15-25(16(2)38-31-15)18-5-8-21(9-6-18)34(28(4)17(3)32-39-28)30-20-7-10-22-19(13-20)14-33(27(22)37)23-11-12-24(35)29-26(23)36/h5-10,13,23,30H,11-12,14H2,1-4H3,(H,29,35,36). The number of carbonyl (C=O) groups is 3. The number of amides is 3. The molecule has 200 valence electrons. The number of nitrogens with one attached hydrogen (secondary N) is 2. The average Bonchev–Trinajstić information content (AvgIpc) is 3.43. The number of benzene rings is 2. The van der Waals surface area contributed by atoms with Crippen molar-refractivity contribution in [1.82, 2.24) is 15.4 Å². The number of rotatable bonds is 6. The number of hydrogen-bond donors (Lipinski definition) is 2. The lowest BCUT2D eigenvalue weighted by Crippen LogP contribution is -2.60. The van der Waals surface area contributed by atoms with Crippen molar-refractivity contribution < 1.29 is 23.7 Å². The van der Waals surface area contributed by atoms with Crippen LogP contribution in [0.4, 0.5) is 11.4 Å². The minimum absolute atomic E-state index is 0.213. The monoisotopic (exact) mass is 528 g/mol. The highest BCUT2D eigenvalue weighted by Gasteiger charge is 2.45. The Labute approximate surface area is 224 Å². The molecule has 3 aromatic rings. The molecule has 1 fully saturated rings. The van der Waals surface area contributed by atoms with Gasteiger partial charge in [0.1, 0.15) is 17.5 Å². The van der Waals surface area contributed by atoms with E-state index in [1.54, 1.807) is 6.07 Å². The lowest BCUT2D eigenvalue weighted by molar-refractivity contribution is -0.136. The van der Waals surface area contributed by atoms with Gasteiger partial charge in [0.25, 0.3) is 11.6 Å². The molecule has 4 heterocycles. The largest absolute Gasteiger partial charge is 0.361 e. The third-order valence-corrected chi connectivity index (χ3v) is 7.67. The molecule has 0 bridgehead atoms. The summed E-state index contributed by atoms with van der Waals surface area (Å²) in [6, 6.07) is 12.8. The number of anilines is 2. The van der Waals surface area contributed by atoms with Crippen LogP contribution in [-0.4, -0.2) is 45.3 Å². The summed E-state index contributed by atoms with van der Waals surface area (Å²) in [5.41, 5.74) is 9.11. The maximum Gasteiger partial charge on any atom is 0.265 e. The Balaban J connectivity index is 1.27. The second kappa shape index (κ2) is 8.97. The van der Waals surface area contributed by atoms with Gasteiger partial charge in [-0.05, 0) is 68.7 Å². The first-order valence-corrected chi connectivity index (χ1v) is 12.8. The van der Waals surface area contributed by atoms with Gasteiger partial charge in [-0.25, -0.2) is 5.01 Å². The van der Waals surface area contributed by atoms with Gasteiger partial charge in [0, 0.05) is 31.0 Å². The van der Waals surface area contributed by atoms with Crippen LogP contribution in [0.2, 0.25) is 0 Å². The van der Waals surface area contributed by atoms with E-state index in [0.29, 0.717) is 12.0 Å². The SMILES string of the molecule is CC1=NOC1(C)N(Nc1ccc2c(c1)CN(C1CCC(=O)NC1=O)C2=O)c1ccc(-c2c(C)noc2C)cc1. The van der Waals surface area contributed by atoms with E-state index in [-0.39, 0.29) is 24.8 Å². The minimum Gasteiger partial charge on any atom is -0.361 e. The average molecular weight is 529 g/mol. The molecule has 3 aliphatic rings. The first-order valence-electron chi connectivity index (χ1n) is 12.8. The number of piperidine rings is 1. The zero-order chi connectivity index (χ0) is 27.5. The van der Waals surface area contributed by atoms with Crippen LogP contribution in [-0.2, 0) is 21.0 Å². The first-order chi connectivity index (χ1) is 18.7. The molecular weight excluding hydrogens is 500 g/mol. The Hall–Kier alpha value is -4.67. The second-order valence-corrected chi connectivity index (χ2v) is 10.2. The van der Waals surface area contributed by atoms with Crippen LogP contribution in [0, 0.1) is 13.8 Å². The Morgan fingerprint density at radius 3 is 2.49 bits per heavy atom. The summed E-state index contributed by atoms with van der Waals surface area (Å²) in [5.74, 6) is -0.194. The van der Waals surface area contributed by atoms with Crippen molar-refractivity contribution in [1.29, 1.82) is 0 Å². The molecule has 1 aromatic heterocycles. The number of aryl methyl sites for hydroxylation is 2. The molecule has 2 atom stereocenters. The highest BCUT2D eigenvalue weighted by atomic mass is 16.7. The fourth-order valence-electron chi connectivity index (χ4n) is 5.33. The summed E-state index contributed by atoms with van der Waals surface area (Å²) in [6.07, 6.45) is 0.536. The maximum atomic E-state index is 13.1. The van der Waals surface area contributed by atoms with Gasteiger partial charge in [0.05, 0.1) is 17.1 Å². The summed E-state index contributed by atoms with van der Waals surface area (Å²) in [4.78, 5) is 44.3. The fraction of sp³-hybridized carbons (Fsp3) is 0.321. The Morgan fingerprint density at radius 1 is 1.10 bits per heavy atom.